The molecule has 0 bridgehead atoms. The average molecular weight is 271 g/mol. The minimum absolute atomic E-state index is 0.0405. The van der Waals surface area contributed by atoms with Gasteiger partial charge in [0, 0.05) is 13.0 Å². The zero-order valence-electron chi connectivity index (χ0n) is 11.0. The van der Waals surface area contributed by atoms with Crippen LogP contribution in [0.25, 0.3) is 0 Å². The van der Waals surface area contributed by atoms with Crippen LogP contribution in [0.3, 0.4) is 0 Å². The quantitative estimate of drug-likeness (QED) is 0.765. The molecule has 0 aromatic carbocycles. The molecule has 1 saturated carbocycles. The standard InChI is InChI=1S/C13H21NO5/c15-8-10-9-19-6-5-14(10)11(16)7-13(12(17)18)3-1-2-4-13/h10,15H,1-9H2,(H,17,18). The van der Waals surface area contributed by atoms with Gasteiger partial charge in [-0.25, -0.2) is 0 Å². The van der Waals surface area contributed by atoms with E-state index in [0.717, 1.165) is 12.8 Å². The number of ether oxygens (including phenoxy) is 1. The van der Waals surface area contributed by atoms with Crippen LogP contribution in [0, 0.1) is 5.41 Å². The van der Waals surface area contributed by atoms with Gasteiger partial charge in [-0.15, -0.1) is 0 Å². The molecule has 108 valence electrons. The van der Waals surface area contributed by atoms with Crippen molar-refractivity contribution in [1.29, 1.82) is 0 Å². The fourth-order valence-electron chi connectivity index (χ4n) is 3.04. The molecule has 0 radical (unpaired) electrons. The number of carbonyl (C=O) groups excluding carboxylic acids is 1. The summed E-state index contributed by atoms with van der Waals surface area (Å²) >= 11 is 0. The summed E-state index contributed by atoms with van der Waals surface area (Å²) in [7, 11) is 0. The Kier molecular flexibility index (Phi) is 4.42. The lowest BCUT2D eigenvalue weighted by molar-refractivity contribution is -0.156. The van der Waals surface area contributed by atoms with E-state index in [4.69, 9.17) is 4.74 Å². The summed E-state index contributed by atoms with van der Waals surface area (Å²) in [5.41, 5.74) is -0.893. The zero-order chi connectivity index (χ0) is 13.9. The van der Waals surface area contributed by atoms with E-state index in [0.29, 0.717) is 32.6 Å². The number of aliphatic carboxylic acids is 1. The smallest absolute Gasteiger partial charge is 0.310 e. The molecule has 1 aliphatic heterocycles. The highest BCUT2D eigenvalue weighted by Gasteiger charge is 2.44. The number of amides is 1. The summed E-state index contributed by atoms with van der Waals surface area (Å²) in [6.07, 6.45) is 2.92. The maximum atomic E-state index is 12.3. The van der Waals surface area contributed by atoms with Crippen LogP contribution < -0.4 is 0 Å². The first-order valence-corrected chi connectivity index (χ1v) is 6.80. The number of hydrogen-bond acceptors (Lipinski definition) is 4. The van der Waals surface area contributed by atoms with Crippen molar-refractivity contribution >= 4 is 11.9 Å². The van der Waals surface area contributed by atoms with Crippen molar-refractivity contribution < 1.29 is 24.5 Å². The summed E-state index contributed by atoms with van der Waals surface area (Å²) < 4.78 is 5.23. The van der Waals surface area contributed by atoms with Crippen LogP contribution in [-0.4, -0.2) is 59.4 Å². The number of rotatable bonds is 4. The van der Waals surface area contributed by atoms with E-state index in [1.807, 2.05) is 0 Å². The van der Waals surface area contributed by atoms with Crippen molar-refractivity contribution in [1.82, 2.24) is 4.90 Å². The van der Waals surface area contributed by atoms with Gasteiger partial charge in [-0.2, -0.15) is 0 Å². The van der Waals surface area contributed by atoms with Crippen LogP contribution in [0.2, 0.25) is 0 Å². The second-order valence-corrected chi connectivity index (χ2v) is 5.47. The number of nitrogens with zero attached hydrogens (tertiary/aromatic N) is 1. The van der Waals surface area contributed by atoms with Gasteiger partial charge in [0.1, 0.15) is 0 Å². The first kappa shape index (κ1) is 14.3. The molecule has 0 spiro atoms. The molecule has 6 heteroatoms. The fraction of sp³-hybridized carbons (Fsp3) is 0.846. The Hall–Kier alpha value is -1.14. The monoisotopic (exact) mass is 271 g/mol. The average Bonchev–Trinajstić information content (AvgIpc) is 2.88. The summed E-state index contributed by atoms with van der Waals surface area (Å²) in [6, 6.07) is -0.339. The first-order chi connectivity index (χ1) is 9.09. The lowest BCUT2D eigenvalue weighted by Crippen LogP contribution is -2.52. The maximum Gasteiger partial charge on any atom is 0.310 e. The van der Waals surface area contributed by atoms with Crippen LogP contribution in [0.5, 0.6) is 0 Å². The van der Waals surface area contributed by atoms with Gasteiger partial charge in [-0.05, 0) is 12.8 Å². The molecule has 2 rings (SSSR count). The molecule has 2 N–H and O–H groups in total. The van der Waals surface area contributed by atoms with Crippen LogP contribution in [0.1, 0.15) is 32.1 Å². The zero-order valence-corrected chi connectivity index (χ0v) is 11.0. The number of morpholine rings is 1. The number of carbonyl (C=O) groups is 2. The van der Waals surface area contributed by atoms with Gasteiger partial charge in [0.05, 0.1) is 31.3 Å². The molecular formula is C13H21NO5. The van der Waals surface area contributed by atoms with Gasteiger partial charge in [-0.1, -0.05) is 12.8 Å². The molecule has 6 nitrogen and oxygen atoms in total. The molecule has 1 unspecified atom stereocenters. The third kappa shape index (κ3) is 2.90. The molecule has 2 fully saturated rings. The Morgan fingerprint density at radius 1 is 1.32 bits per heavy atom. The SMILES string of the molecule is O=C(CC1(C(=O)O)CCCC1)N1CCOCC1CO. The summed E-state index contributed by atoms with van der Waals surface area (Å²) in [6.45, 7) is 1.05. The summed E-state index contributed by atoms with van der Waals surface area (Å²) in [5, 5.41) is 18.6. The van der Waals surface area contributed by atoms with Gasteiger partial charge >= 0.3 is 5.97 Å². The second-order valence-electron chi connectivity index (χ2n) is 5.47. The molecule has 19 heavy (non-hydrogen) atoms. The van der Waals surface area contributed by atoms with Crippen molar-refractivity contribution in [2.75, 3.05) is 26.4 Å². The van der Waals surface area contributed by atoms with Gasteiger partial charge in [0.25, 0.3) is 0 Å². The molecule has 2 aliphatic rings. The summed E-state index contributed by atoms with van der Waals surface area (Å²) in [5.74, 6) is -1.04. The van der Waals surface area contributed by atoms with E-state index in [-0.39, 0.29) is 25.0 Å². The van der Waals surface area contributed by atoms with Crippen LogP contribution >= 0.6 is 0 Å². The molecule has 1 atom stereocenters. The Bertz CT molecular complexity index is 351. The van der Waals surface area contributed by atoms with E-state index < -0.39 is 11.4 Å². The highest BCUT2D eigenvalue weighted by molar-refractivity contribution is 5.85. The Morgan fingerprint density at radius 3 is 2.58 bits per heavy atom. The molecule has 1 aliphatic carbocycles. The van der Waals surface area contributed by atoms with Crippen molar-refractivity contribution in [3.63, 3.8) is 0 Å². The largest absolute Gasteiger partial charge is 0.481 e. The number of aliphatic hydroxyl groups is 1. The lowest BCUT2D eigenvalue weighted by atomic mass is 9.82. The first-order valence-electron chi connectivity index (χ1n) is 6.80. The molecule has 1 saturated heterocycles. The van der Waals surface area contributed by atoms with Gasteiger partial charge in [0.15, 0.2) is 0 Å². The van der Waals surface area contributed by atoms with E-state index in [9.17, 15) is 19.8 Å². The third-order valence-corrected chi connectivity index (χ3v) is 4.26. The molecule has 0 aromatic rings. The minimum atomic E-state index is -0.893. The number of carboxylic acid groups (broad SMARTS) is 1. The number of hydrogen-bond donors (Lipinski definition) is 2. The topological polar surface area (TPSA) is 87.1 Å². The van der Waals surface area contributed by atoms with E-state index >= 15 is 0 Å². The third-order valence-electron chi connectivity index (χ3n) is 4.26. The second kappa shape index (κ2) is 5.88. The molecule has 1 amide bonds. The predicted octanol–water partition coefficient (Wildman–Crippen LogP) is 0.241. The van der Waals surface area contributed by atoms with Crippen LogP contribution in [0.15, 0.2) is 0 Å². The van der Waals surface area contributed by atoms with Gasteiger partial charge in [-0.3, -0.25) is 9.59 Å². The van der Waals surface area contributed by atoms with Gasteiger partial charge < -0.3 is 19.8 Å². The summed E-state index contributed by atoms with van der Waals surface area (Å²) in [4.78, 5) is 25.4. The maximum absolute atomic E-state index is 12.3. The Morgan fingerprint density at radius 2 is 2.00 bits per heavy atom. The van der Waals surface area contributed by atoms with Crippen molar-refractivity contribution in [3.8, 4) is 0 Å². The number of carboxylic acids is 1. The van der Waals surface area contributed by atoms with Gasteiger partial charge in [0.2, 0.25) is 5.91 Å². The highest BCUT2D eigenvalue weighted by atomic mass is 16.5. The Balaban J connectivity index is 2.04. The molecule has 0 aromatic heterocycles. The molecular weight excluding hydrogens is 250 g/mol. The van der Waals surface area contributed by atoms with E-state index in [1.54, 1.807) is 4.90 Å². The number of aliphatic hydroxyl groups excluding tert-OH is 1. The van der Waals surface area contributed by atoms with Crippen LogP contribution in [0.4, 0.5) is 0 Å². The lowest BCUT2D eigenvalue weighted by Gasteiger charge is -2.36. The van der Waals surface area contributed by atoms with Crippen molar-refractivity contribution in [2.24, 2.45) is 5.41 Å². The van der Waals surface area contributed by atoms with Crippen LogP contribution in [-0.2, 0) is 14.3 Å². The molecule has 1 heterocycles. The highest BCUT2D eigenvalue weighted by Crippen LogP contribution is 2.41. The van der Waals surface area contributed by atoms with E-state index in [1.165, 1.54) is 0 Å². The van der Waals surface area contributed by atoms with Crippen molar-refractivity contribution in [2.45, 2.75) is 38.1 Å². The van der Waals surface area contributed by atoms with Crippen molar-refractivity contribution in [3.05, 3.63) is 0 Å². The Labute approximate surface area is 112 Å². The van der Waals surface area contributed by atoms with E-state index in [2.05, 4.69) is 0 Å². The normalized spacial score (nSPS) is 26.4. The minimum Gasteiger partial charge on any atom is -0.481 e. The fourth-order valence-corrected chi connectivity index (χ4v) is 3.04. The predicted molar refractivity (Wildman–Crippen MR) is 66.6 cm³/mol.